The Morgan fingerprint density at radius 3 is 2.26 bits per heavy atom. The number of piperidine rings is 1. The van der Waals surface area contributed by atoms with Gasteiger partial charge in [-0.3, -0.25) is 48.8 Å². The zero-order chi connectivity index (χ0) is 45.6. The number of imide groups is 2. The van der Waals surface area contributed by atoms with Crippen LogP contribution in [-0.2, 0) is 14.4 Å². The number of hydrogen-bond donors (Lipinski definition) is 2. The molecule has 0 spiro atoms. The van der Waals surface area contributed by atoms with E-state index in [-0.39, 0.29) is 53.4 Å². The van der Waals surface area contributed by atoms with Crippen LogP contribution in [0.3, 0.4) is 0 Å². The Kier molecular flexibility index (Phi) is 12.1. The van der Waals surface area contributed by atoms with Crippen LogP contribution in [-0.4, -0.2) is 169 Å². The fraction of sp³-hybridized carbons (Fsp3) is 0.511. The first-order valence-corrected chi connectivity index (χ1v) is 22.4. The van der Waals surface area contributed by atoms with E-state index in [1.54, 1.807) is 35.2 Å². The number of amides is 6. The van der Waals surface area contributed by atoms with Gasteiger partial charge in [0.05, 0.1) is 36.7 Å². The second-order valence-corrected chi connectivity index (χ2v) is 17.6. The Morgan fingerprint density at radius 2 is 1.57 bits per heavy atom. The van der Waals surface area contributed by atoms with E-state index in [1.807, 2.05) is 11.0 Å². The van der Waals surface area contributed by atoms with Crippen molar-refractivity contribution in [3.63, 3.8) is 0 Å². The molecule has 6 amide bonds. The summed E-state index contributed by atoms with van der Waals surface area (Å²) in [4.78, 5) is 98.2. The number of carbonyl (C=O) groups is 6. The number of ether oxygens (including phenoxy) is 1. The predicted molar refractivity (Wildman–Crippen MR) is 235 cm³/mol. The lowest BCUT2D eigenvalue weighted by molar-refractivity contribution is -0.140. The quantitative estimate of drug-likeness (QED) is 0.268. The number of hydrogen-bond acceptors (Lipinski definition) is 14. The smallest absolute Gasteiger partial charge is 0.342 e. The van der Waals surface area contributed by atoms with E-state index in [0.717, 1.165) is 99.9 Å². The van der Waals surface area contributed by atoms with Crippen molar-refractivity contribution in [1.82, 2.24) is 34.9 Å². The van der Waals surface area contributed by atoms with E-state index in [1.165, 1.54) is 20.4 Å². The van der Waals surface area contributed by atoms with Gasteiger partial charge in [-0.1, -0.05) is 12.8 Å². The third kappa shape index (κ3) is 8.68. The SMILES string of the molecule is COc1cc(C(=O)N2CCN(CCCN3CCN(c4ccc5c(c4)C(=O)N(C4CCC(=O)NC4=O)C5=O)CC3)CC2)ccc1Nc1ncc2c(n1)N(C1CCCC1)CC(F)(F)C(=O)N2C. The van der Waals surface area contributed by atoms with E-state index in [2.05, 4.69) is 35.3 Å². The molecule has 5 aliphatic heterocycles. The summed E-state index contributed by atoms with van der Waals surface area (Å²) in [5, 5.41) is 5.37. The first-order chi connectivity index (χ1) is 31.3. The number of aromatic nitrogens is 2. The summed E-state index contributed by atoms with van der Waals surface area (Å²) in [6.45, 7) is 6.91. The highest BCUT2D eigenvalue weighted by atomic mass is 19.3. The zero-order valence-electron chi connectivity index (χ0n) is 36.6. The predicted octanol–water partition coefficient (Wildman–Crippen LogP) is 2.96. The Morgan fingerprint density at radius 1 is 0.877 bits per heavy atom. The van der Waals surface area contributed by atoms with Crippen molar-refractivity contribution in [3.05, 3.63) is 59.3 Å². The van der Waals surface area contributed by atoms with Crippen molar-refractivity contribution >= 4 is 64.3 Å². The zero-order valence-corrected chi connectivity index (χ0v) is 36.6. The van der Waals surface area contributed by atoms with Crippen LogP contribution in [0.25, 0.3) is 0 Å². The van der Waals surface area contributed by atoms with Gasteiger partial charge in [0.15, 0.2) is 5.82 Å². The molecular weight excluding hydrogens is 845 g/mol. The van der Waals surface area contributed by atoms with Gasteiger partial charge in [-0.25, -0.2) is 4.98 Å². The third-order valence-electron chi connectivity index (χ3n) is 13.6. The van der Waals surface area contributed by atoms with Crippen LogP contribution >= 0.6 is 0 Å². The molecule has 6 heterocycles. The monoisotopic (exact) mass is 897 g/mol. The molecule has 9 rings (SSSR count). The Labute approximate surface area is 374 Å². The van der Waals surface area contributed by atoms with Gasteiger partial charge in [0, 0.05) is 83.1 Å². The molecular formula is C45H53F2N11O7. The number of fused-ring (bicyclic) bond motifs is 2. The Bertz CT molecular complexity index is 2400. The molecule has 1 atom stereocenters. The second-order valence-electron chi connectivity index (χ2n) is 17.6. The van der Waals surface area contributed by atoms with Crippen LogP contribution in [0.4, 0.5) is 37.6 Å². The van der Waals surface area contributed by atoms with Crippen molar-refractivity contribution in [2.75, 3.05) is 106 Å². The van der Waals surface area contributed by atoms with E-state index >= 15 is 8.78 Å². The molecule has 65 heavy (non-hydrogen) atoms. The standard InChI is InChI=1S/C45H53F2N11O7/c1-52-35-26-48-44(51-38(35)57(29-6-3-4-7-29)27-45(46,47)43(52)64)49-33-11-8-28(24-36(33)65-2)40(61)56-22-18-54(19-23-56)15-5-14-53-16-20-55(21-17-53)30-9-10-31-32(25-30)42(63)58(41(31)62)34-12-13-37(59)50-39(34)60/h8-11,24-26,29,34H,3-7,12-23,27H2,1-2H3,(H,48,49,51)(H,50,59,60). The van der Waals surface area contributed by atoms with Crippen molar-refractivity contribution in [2.24, 2.45) is 0 Å². The maximum absolute atomic E-state index is 15.1. The molecule has 3 saturated heterocycles. The van der Waals surface area contributed by atoms with Crippen molar-refractivity contribution in [1.29, 1.82) is 0 Å². The van der Waals surface area contributed by atoms with Crippen LogP contribution in [0.2, 0.25) is 0 Å². The molecule has 3 aromatic rings. The maximum atomic E-state index is 15.1. The Hall–Kier alpha value is -6.28. The van der Waals surface area contributed by atoms with E-state index < -0.39 is 48.0 Å². The molecule has 0 bridgehead atoms. The molecule has 1 aliphatic carbocycles. The van der Waals surface area contributed by atoms with Gasteiger partial charge < -0.3 is 29.7 Å². The molecule has 4 fully saturated rings. The first-order valence-electron chi connectivity index (χ1n) is 22.4. The van der Waals surface area contributed by atoms with Gasteiger partial charge in [-0.05, 0) is 75.2 Å². The molecule has 20 heteroatoms. The molecule has 0 radical (unpaired) electrons. The van der Waals surface area contributed by atoms with Crippen LogP contribution in [0.15, 0.2) is 42.6 Å². The van der Waals surface area contributed by atoms with Gasteiger partial charge in [0.2, 0.25) is 17.8 Å². The molecule has 2 N–H and O–H groups in total. The molecule has 1 unspecified atom stereocenters. The normalized spacial score (nSPS) is 22.0. The molecule has 18 nitrogen and oxygen atoms in total. The lowest BCUT2D eigenvalue weighted by Crippen LogP contribution is -2.54. The van der Waals surface area contributed by atoms with Crippen molar-refractivity contribution in [3.8, 4) is 5.75 Å². The number of piperazine rings is 2. The van der Waals surface area contributed by atoms with Gasteiger partial charge in [0.1, 0.15) is 17.5 Å². The van der Waals surface area contributed by atoms with Crippen LogP contribution in [0, 0.1) is 0 Å². The summed E-state index contributed by atoms with van der Waals surface area (Å²) in [7, 11) is 2.81. The van der Waals surface area contributed by atoms with Crippen molar-refractivity contribution < 1.29 is 42.3 Å². The van der Waals surface area contributed by atoms with Crippen LogP contribution < -0.4 is 30.1 Å². The minimum atomic E-state index is -3.58. The van der Waals surface area contributed by atoms with E-state index in [9.17, 15) is 28.8 Å². The van der Waals surface area contributed by atoms with E-state index in [0.29, 0.717) is 30.1 Å². The maximum Gasteiger partial charge on any atom is 0.342 e. The average Bonchev–Trinajstić information content (AvgIpc) is 3.92. The highest BCUT2D eigenvalue weighted by molar-refractivity contribution is 6.23. The van der Waals surface area contributed by atoms with E-state index in [4.69, 9.17) is 4.74 Å². The van der Waals surface area contributed by atoms with Crippen LogP contribution in [0.1, 0.15) is 76.0 Å². The number of rotatable bonds is 11. The van der Waals surface area contributed by atoms with Gasteiger partial charge in [-0.15, -0.1) is 0 Å². The lowest BCUT2D eigenvalue weighted by Gasteiger charge is -2.37. The highest BCUT2D eigenvalue weighted by Gasteiger charge is 2.49. The summed E-state index contributed by atoms with van der Waals surface area (Å²) in [5.41, 5.74) is 2.57. The number of anilines is 5. The number of methoxy groups -OCH3 is 1. The lowest BCUT2D eigenvalue weighted by atomic mass is 10.0. The summed E-state index contributed by atoms with van der Waals surface area (Å²) in [6, 6.07) is 9.17. The number of nitrogens with zero attached hydrogens (tertiary/aromatic N) is 9. The summed E-state index contributed by atoms with van der Waals surface area (Å²) < 4.78 is 35.8. The number of nitrogens with one attached hydrogen (secondary N) is 2. The molecule has 1 aromatic heterocycles. The number of halogens is 2. The molecule has 344 valence electrons. The van der Waals surface area contributed by atoms with Gasteiger partial charge in [0.25, 0.3) is 23.6 Å². The second kappa shape index (κ2) is 17.9. The van der Waals surface area contributed by atoms with Crippen molar-refractivity contribution in [2.45, 2.75) is 63.0 Å². The summed E-state index contributed by atoms with van der Waals surface area (Å²) in [6.07, 6.45) is 5.83. The summed E-state index contributed by atoms with van der Waals surface area (Å²) in [5.74, 6) is -6.25. The molecule has 1 saturated carbocycles. The minimum Gasteiger partial charge on any atom is -0.495 e. The molecule has 2 aromatic carbocycles. The number of alkyl halides is 2. The number of benzene rings is 2. The fourth-order valence-electron chi connectivity index (χ4n) is 9.91. The van der Waals surface area contributed by atoms with Crippen LogP contribution in [0.5, 0.6) is 5.75 Å². The largest absolute Gasteiger partial charge is 0.495 e. The Balaban J connectivity index is 0.739. The first kappa shape index (κ1) is 43.9. The minimum absolute atomic E-state index is 0.0734. The summed E-state index contributed by atoms with van der Waals surface area (Å²) >= 11 is 0. The number of carbonyl (C=O) groups excluding carboxylic acids is 6. The average molecular weight is 898 g/mol. The third-order valence-corrected chi connectivity index (χ3v) is 13.6. The van der Waals surface area contributed by atoms with Gasteiger partial charge in [-0.2, -0.15) is 13.8 Å². The molecule has 6 aliphatic rings. The highest BCUT2D eigenvalue weighted by Crippen LogP contribution is 2.40. The fourth-order valence-corrected chi connectivity index (χ4v) is 9.91. The van der Waals surface area contributed by atoms with Gasteiger partial charge >= 0.3 is 5.92 Å². The topological polar surface area (TPSA) is 184 Å².